The molecule has 0 aromatic heterocycles. The molecule has 19 heavy (non-hydrogen) atoms. The van der Waals surface area contributed by atoms with Gasteiger partial charge in [-0.3, -0.25) is 10.4 Å². The van der Waals surface area contributed by atoms with Crippen molar-refractivity contribution in [1.29, 1.82) is 5.26 Å². The van der Waals surface area contributed by atoms with Gasteiger partial charge in [0.05, 0.1) is 23.0 Å². The van der Waals surface area contributed by atoms with Crippen LogP contribution >= 0.6 is 11.6 Å². The van der Waals surface area contributed by atoms with Crippen molar-refractivity contribution in [3.8, 4) is 6.07 Å². The van der Waals surface area contributed by atoms with E-state index >= 15 is 0 Å². The molecule has 1 aliphatic heterocycles. The Morgan fingerprint density at radius 3 is 2.95 bits per heavy atom. The Kier molecular flexibility index (Phi) is 2.92. The van der Waals surface area contributed by atoms with E-state index < -0.39 is 5.82 Å². The molecular formula is C14H11ClFN3. The molecule has 1 N–H and O–H groups in total. The van der Waals surface area contributed by atoms with Crippen LogP contribution in [0.4, 0.5) is 10.1 Å². The smallest absolute Gasteiger partial charge is 0.150 e. The Morgan fingerprint density at radius 1 is 1.37 bits per heavy atom. The van der Waals surface area contributed by atoms with Gasteiger partial charge in [-0.1, -0.05) is 11.6 Å². The number of rotatable bonds is 1. The molecule has 0 fully saturated rings. The van der Waals surface area contributed by atoms with E-state index in [1.807, 2.05) is 6.20 Å². The van der Waals surface area contributed by atoms with Gasteiger partial charge in [0.15, 0.2) is 0 Å². The zero-order valence-electron chi connectivity index (χ0n) is 10.1. The van der Waals surface area contributed by atoms with Crippen molar-refractivity contribution in [2.24, 2.45) is 0 Å². The van der Waals surface area contributed by atoms with E-state index in [2.05, 4.69) is 11.5 Å². The quantitative estimate of drug-likeness (QED) is 0.850. The molecule has 0 amide bonds. The van der Waals surface area contributed by atoms with Crippen molar-refractivity contribution in [1.82, 2.24) is 5.43 Å². The Bertz CT molecular complexity index is 643. The summed E-state index contributed by atoms with van der Waals surface area (Å²) < 4.78 is 13.9. The summed E-state index contributed by atoms with van der Waals surface area (Å²) in [6, 6.07) is 6.74. The standard InChI is InChI=1S/C14H11ClFN3/c15-11-4-5-13(12(16)6-11)19-8-10-3-1-2-9(7-17)14(10)18-19/h4-6,8,18H,1-3H2. The number of fused-ring (bicyclic) bond motifs is 1. The number of hydrogen-bond acceptors (Lipinski definition) is 3. The first kappa shape index (κ1) is 12.1. The van der Waals surface area contributed by atoms with Crippen LogP contribution in [0.3, 0.4) is 0 Å². The van der Waals surface area contributed by atoms with Gasteiger partial charge in [0.2, 0.25) is 0 Å². The van der Waals surface area contributed by atoms with Crippen LogP contribution in [0, 0.1) is 17.1 Å². The number of anilines is 1. The number of halogens is 2. The molecule has 96 valence electrons. The maximum absolute atomic E-state index is 13.9. The van der Waals surface area contributed by atoms with Crippen LogP contribution in [-0.2, 0) is 0 Å². The van der Waals surface area contributed by atoms with Crippen molar-refractivity contribution in [2.75, 3.05) is 5.01 Å². The summed E-state index contributed by atoms with van der Waals surface area (Å²) in [5.41, 5.74) is 6.09. The molecule has 1 aliphatic carbocycles. The van der Waals surface area contributed by atoms with Gasteiger partial charge in [0, 0.05) is 11.2 Å². The van der Waals surface area contributed by atoms with Gasteiger partial charge < -0.3 is 0 Å². The molecular weight excluding hydrogens is 265 g/mol. The number of hydrazine groups is 1. The summed E-state index contributed by atoms with van der Waals surface area (Å²) in [6.07, 6.45) is 4.47. The zero-order valence-corrected chi connectivity index (χ0v) is 10.8. The molecule has 0 saturated heterocycles. The number of nitriles is 1. The lowest BCUT2D eigenvalue weighted by molar-refractivity contribution is 0.621. The van der Waals surface area contributed by atoms with E-state index in [0.717, 1.165) is 36.1 Å². The molecule has 3 nitrogen and oxygen atoms in total. The number of benzene rings is 1. The molecule has 0 atom stereocenters. The average molecular weight is 276 g/mol. The monoisotopic (exact) mass is 275 g/mol. The molecule has 0 unspecified atom stereocenters. The van der Waals surface area contributed by atoms with Crippen molar-refractivity contribution >= 4 is 17.3 Å². The minimum atomic E-state index is -0.394. The Morgan fingerprint density at radius 2 is 2.21 bits per heavy atom. The summed E-state index contributed by atoms with van der Waals surface area (Å²) in [7, 11) is 0. The average Bonchev–Trinajstić information content (AvgIpc) is 2.81. The summed E-state index contributed by atoms with van der Waals surface area (Å²) in [5, 5.41) is 11.1. The van der Waals surface area contributed by atoms with E-state index in [9.17, 15) is 4.39 Å². The molecule has 3 rings (SSSR count). The predicted molar refractivity (Wildman–Crippen MR) is 71.6 cm³/mol. The first-order chi connectivity index (χ1) is 9.19. The fraction of sp³-hybridized carbons (Fsp3) is 0.214. The van der Waals surface area contributed by atoms with Gasteiger partial charge in [-0.2, -0.15) is 5.26 Å². The Hall–Kier alpha value is -1.99. The molecule has 2 aliphatic rings. The number of nitrogens with zero attached hydrogens (tertiary/aromatic N) is 2. The molecule has 1 aromatic rings. The van der Waals surface area contributed by atoms with Gasteiger partial charge >= 0.3 is 0 Å². The van der Waals surface area contributed by atoms with Gasteiger partial charge in [-0.05, 0) is 43.0 Å². The van der Waals surface area contributed by atoms with Crippen LogP contribution in [-0.4, -0.2) is 0 Å². The predicted octanol–water partition coefficient (Wildman–Crippen LogP) is 3.65. The van der Waals surface area contributed by atoms with Crippen molar-refractivity contribution in [3.63, 3.8) is 0 Å². The van der Waals surface area contributed by atoms with E-state index in [1.54, 1.807) is 17.1 Å². The molecule has 1 aromatic carbocycles. The third-order valence-corrected chi connectivity index (χ3v) is 3.55. The third-order valence-electron chi connectivity index (χ3n) is 3.32. The summed E-state index contributed by atoms with van der Waals surface area (Å²) in [6.45, 7) is 0. The van der Waals surface area contributed by atoms with Gasteiger partial charge in [0.25, 0.3) is 0 Å². The fourth-order valence-corrected chi connectivity index (χ4v) is 2.55. The fourth-order valence-electron chi connectivity index (χ4n) is 2.39. The van der Waals surface area contributed by atoms with Crippen molar-refractivity contribution < 1.29 is 4.39 Å². The highest BCUT2D eigenvalue weighted by Gasteiger charge is 2.26. The molecule has 5 heteroatoms. The van der Waals surface area contributed by atoms with Gasteiger partial charge in [0.1, 0.15) is 5.82 Å². The highest BCUT2D eigenvalue weighted by atomic mass is 35.5. The van der Waals surface area contributed by atoms with Crippen LogP contribution in [0.25, 0.3) is 0 Å². The molecule has 0 spiro atoms. The van der Waals surface area contributed by atoms with E-state index in [4.69, 9.17) is 16.9 Å². The SMILES string of the molecule is N#CC1=C2NN(c3ccc(Cl)cc3F)C=C2CCC1. The van der Waals surface area contributed by atoms with Crippen LogP contribution < -0.4 is 10.4 Å². The lowest BCUT2D eigenvalue weighted by atomic mass is 9.94. The highest BCUT2D eigenvalue weighted by molar-refractivity contribution is 6.30. The second kappa shape index (κ2) is 4.60. The molecule has 1 heterocycles. The second-order valence-electron chi connectivity index (χ2n) is 4.55. The minimum absolute atomic E-state index is 0.363. The topological polar surface area (TPSA) is 39.1 Å². The molecule has 0 saturated carbocycles. The van der Waals surface area contributed by atoms with Crippen LogP contribution in [0.1, 0.15) is 19.3 Å². The first-order valence-electron chi connectivity index (χ1n) is 6.04. The first-order valence-corrected chi connectivity index (χ1v) is 6.42. The number of nitrogens with one attached hydrogen (secondary N) is 1. The van der Waals surface area contributed by atoms with Gasteiger partial charge in [-0.25, -0.2) is 4.39 Å². The van der Waals surface area contributed by atoms with Crippen LogP contribution in [0.5, 0.6) is 0 Å². The van der Waals surface area contributed by atoms with Crippen LogP contribution in [0.15, 0.2) is 41.2 Å². The normalized spacial score (nSPS) is 17.7. The molecule has 0 bridgehead atoms. The Labute approximate surface area is 115 Å². The second-order valence-corrected chi connectivity index (χ2v) is 4.99. The number of hydrogen-bond donors (Lipinski definition) is 1. The molecule has 0 radical (unpaired) electrons. The number of allylic oxidation sites excluding steroid dienone is 2. The third kappa shape index (κ3) is 2.06. The van der Waals surface area contributed by atoms with E-state index in [0.29, 0.717) is 10.7 Å². The summed E-state index contributed by atoms with van der Waals surface area (Å²) >= 11 is 5.74. The van der Waals surface area contributed by atoms with Crippen LogP contribution in [0.2, 0.25) is 5.02 Å². The van der Waals surface area contributed by atoms with Gasteiger partial charge in [-0.15, -0.1) is 0 Å². The maximum Gasteiger partial charge on any atom is 0.150 e. The zero-order chi connectivity index (χ0) is 13.4. The minimum Gasteiger partial charge on any atom is -0.293 e. The summed E-state index contributed by atoms with van der Waals surface area (Å²) in [5.74, 6) is -0.394. The lowest BCUT2D eigenvalue weighted by Crippen LogP contribution is -2.29. The highest BCUT2D eigenvalue weighted by Crippen LogP contribution is 2.34. The Balaban J connectivity index is 1.99. The lowest BCUT2D eigenvalue weighted by Gasteiger charge is -2.19. The van der Waals surface area contributed by atoms with E-state index in [1.165, 1.54) is 6.07 Å². The van der Waals surface area contributed by atoms with Crippen molar-refractivity contribution in [2.45, 2.75) is 19.3 Å². The largest absolute Gasteiger partial charge is 0.293 e. The van der Waals surface area contributed by atoms with Crippen molar-refractivity contribution in [3.05, 3.63) is 52.1 Å². The van der Waals surface area contributed by atoms with E-state index in [-0.39, 0.29) is 0 Å². The maximum atomic E-state index is 13.9. The summed E-state index contributed by atoms with van der Waals surface area (Å²) in [4.78, 5) is 0.